The molecule has 2 rings (SSSR count). The zero-order valence-electron chi connectivity index (χ0n) is 13.9. The van der Waals surface area contributed by atoms with Crippen LogP contribution in [0.1, 0.15) is 25.3 Å². The van der Waals surface area contributed by atoms with E-state index in [1.54, 1.807) is 13.2 Å². The van der Waals surface area contributed by atoms with Gasteiger partial charge in [0.05, 0.1) is 26.0 Å². The van der Waals surface area contributed by atoms with Gasteiger partial charge < -0.3 is 19.9 Å². The SMILES string of the molecule is CCc1ccccc1OCCCCOc1ccc(OC)cc1N. The first-order chi connectivity index (χ1) is 11.2. The van der Waals surface area contributed by atoms with E-state index in [4.69, 9.17) is 19.9 Å². The van der Waals surface area contributed by atoms with Crippen molar-refractivity contribution in [3.63, 3.8) is 0 Å². The molecule has 4 heteroatoms. The normalized spacial score (nSPS) is 10.3. The molecule has 23 heavy (non-hydrogen) atoms. The first-order valence-electron chi connectivity index (χ1n) is 8.01. The van der Waals surface area contributed by atoms with Gasteiger partial charge in [0.15, 0.2) is 0 Å². The van der Waals surface area contributed by atoms with Crippen LogP contribution in [0.4, 0.5) is 5.69 Å². The van der Waals surface area contributed by atoms with Crippen LogP contribution in [0.25, 0.3) is 0 Å². The molecule has 2 aromatic rings. The number of hydrogen-bond donors (Lipinski definition) is 1. The number of para-hydroxylation sites is 1. The zero-order chi connectivity index (χ0) is 16.5. The predicted octanol–water partition coefficient (Wildman–Crippen LogP) is 4.08. The van der Waals surface area contributed by atoms with Crippen molar-refractivity contribution in [2.75, 3.05) is 26.1 Å². The molecule has 0 fully saturated rings. The number of aryl methyl sites for hydroxylation is 1. The lowest BCUT2D eigenvalue weighted by atomic mass is 10.1. The molecular formula is C19H25NO3. The highest BCUT2D eigenvalue weighted by Crippen LogP contribution is 2.26. The van der Waals surface area contributed by atoms with Crippen molar-refractivity contribution in [1.29, 1.82) is 0 Å². The van der Waals surface area contributed by atoms with E-state index in [0.717, 1.165) is 30.8 Å². The van der Waals surface area contributed by atoms with Gasteiger partial charge in [-0.3, -0.25) is 0 Å². The largest absolute Gasteiger partial charge is 0.497 e. The van der Waals surface area contributed by atoms with Gasteiger partial charge in [0.25, 0.3) is 0 Å². The summed E-state index contributed by atoms with van der Waals surface area (Å²) in [7, 11) is 1.62. The second-order valence-electron chi connectivity index (χ2n) is 5.27. The van der Waals surface area contributed by atoms with Crippen LogP contribution in [0.3, 0.4) is 0 Å². The summed E-state index contributed by atoms with van der Waals surface area (Å²) in [5, 5.41) is 0. The Morgan fingerprint density at radius 3 is 2.26 bits per heavy atom. The maximum absolute atomic E-state index is 5.92. The fourth-order valence-corrected chi connectivity index (χ4v) is 2.29. The predicted molar refractivity (Wildman–Crippen MR) is 93.5 cm³/mol. The Morgan fingerprint density at radius 2 is 1.61 bits per heavy atom. The van der Waals surface area contributed by atoms with Crippen LogP contribution < -0.4 is 19.9 Å². The number of nitrogen functional groups attached to an aromatic ring is 1. The smallest absolute Gasteiger partial charge is 0.142 e. The summed E-state index contributed by atoms with van der Waals surface area (Å²) < 4.78 is 16.7. The van der Waals surface area contributed by atoms with E-state index in [9.17, 15) is 0 Å². The molecule has 0 bridgehead atoms. The Morgan fingerprint density at radius 1 is 0.913 bits per heavy atom. The van der Waals surface area contributed by atoms with E-state index in [0.29, 0.717) is 24.7 Å². The third kappa shape index (κ3) is 5.09. The summed E-state index contributed by atoms with van der Waals surface area (Å²) in [6.45, 7) is 3.45. The molecule has 0 saturated heterocycles. The van der Waals surface area contributed by atoms with Gasteiger partial charge in [-0.15, -0.1) is 0 Å². The second kappa shape index (κ2) is 8.93. The maximum atomic E-state index is 5.92. The number of methoxy groups -OCH3 is 1. The topological polar surface area (TPSA) is 53.7 Å². The van der Waals surface area contributed by atoms with Gasteiger partial charge in [0.1, 0.15) is 17.2 Å². The molecule has 124 valence electrons. The number of hydrogen-bond acceptors (Lipinski definition) is 4. The number of rotatable bonds is 9. The van der Waals surface area contributed by atoms with Crippen LogP contribution in [-0.2, 0) is 6.42 Å². The molecule has 0 amide bonds. The first-order valence-corrected chi connectivity index (χ1v) is 8.01. The Balaban J connectivity index is 1.68. The Hall–Kier alpha value is -2.36. The minimum Gasteiger partial charge on any atom is -0.497 e. The van der Waals surface area contributed by atoms with Crippen LogP contribution in [0.5, 0.6) is 17.2 Å². The molecular weight excluding hydrogens is 290 g/mol. The molecule has 0 saturated carbocycles. The fraction of sp³-hybridized carbons (Fsp3) is 0.368. The van der Waals surface area contributed by atoms with Crippen molar-refractivity contribution in [3.05, 3.63) is 48.0 Å². The molecule has 0 aliphatic rings. The van der Waals surface area contributed by atoms with Crippen molar-refractivity contribution in [3.8, 4) is 17.2 Å². The molecule has 2 aromatic carbocycles. The summed E-state index contributed by atoms with van der Waals surface area (Å²) in [6.07, 6.45) is 2.84. The van der Waals surface area contributed by atoms with Crippen molar-refractivity contribution in [2.24, 2.45) is 0 Å². The van der Waals surface area contributed by atoms with Crippen molar-refractivity contribution >= 4 is 5.69 Å². The van der Waals surface area contributed by atoms with Gasteiger partial charge in [-0.05, 0) is 43.0 Å². The average molecular weight is 315 g/mol. The number of ether oxygens (including phenoxy) is 3. The van der Waals surface area contributed by atoms with Gasteiger partial charge in [0, 0.05) is 6.07 Å². The highest BCUT2D eigenvalue weighted by Gasteiger charge is 2.03. The van der Waals surface area contributed by atoms with Crippen LogP contribution in [-0.4, -0.2) is 20.3 Å². The molecule has 2 N–H and O–H groups in total. The lowest BCUT2D eigenvalue weighted by Gasteiger charge is -2.11. The zero-order valence-corrected chi connectivity index (χ0v) is 13.9. The molecule has 0 atom stereocenters. The van der Waals surface area contributed by atoms with Gasteiger partial charge in [-0.2, -0.15) is 0 Å². The van der Waals surface area contributed by atoms with E-state index in [2.05, 4.69) is 13.0 Å². The third-order valence-electron chi connectivity index (χ3n) is 3.62. The standard InChI is InChI=1S/C19H25NO3/c1-3-15-8-4-5-9-18(15)22-12-6-7-13-23-19-11-10-16(21-2)14-17(19)20/h4-5,8-11,14H,3,6-7,12-13,20H2,1-2H3. The van der Waals surface area contributed by atoms with Gasteiger partial charge >= 0.3 is 0 Å². The Bertz CT molecular complexity index is 613. The molecule has 0 spiro atoms. The molecule has 0 aliphatic carbocycles. The quantitative estimate of drug-likeness (QED) is 0.559. The summed E-state index contributed by atoms with van der Waals surface area (Å²) in [4.78, 5) is 0. The maximum Gasteiger partial charge on any atom is 0.142 e. The van der Waals surface area contributed by atoms with Crippen LogP contribution >= 0.6 is 0 Å². The minimum atomic E-state index is 0.595. The highest BCUT2D eigenvalue weighted by molar-refractivity contribution is 5.56. The lowest BCUT2D eigenvalue weighted by Crippen LogP contribution is -2.04. The highest BCUT2D eigenvalue weighted by atomic mass is 16.5. The van der Waals surface area contributed by atoms with Crippen LogP contribution in [0.15, 0.2) is 42.5 Å². The molecule has 0 aromatic heterocycles. The van der Waals surface area contributed by atoms with Gasteiger partial charge in [-0.1, -0.05) is 25.1 Å². The molecule has 0 radical (unpaired) electrons. The summed E-state index contributed by atoms with van der Waals surface area (Å²) >= 11 is 0. The van der Waals surface area contributed by atoms with E-state index in [1.807, 2.05) is 30.3 Å². The van der Waals surface area contributed by atoms with Crippen LogP contribution in [0.2, 0.25) is 0 Å². The van der Waals surface area contributed by atoms with E-state index >= 15 is 0 Å². The summed E-state index contributed by atoms with van der Waals surface area (Å²) in [6, 6.07) is 13.6. The number of anilines is 1. The van der Waals surface area contributed by atoms with E-state index < -0.39 is 0 Å². The van der Waals surface area contributed by atoms with E-state index in [1.165, 1.54) is 5.56 Å². The number of nitrogens with two attached hydrogens (primary N) is 1. The number of unbranched alkanes of at least 4 members (excludes halogenated alkanes) is 1. The molecule has 4 nitrogen and oxygen atoms in total. The Kier molecular flexibility index (Phi) is 6.60. The Labute approximate surface area is 138 Å². The van der Waals surface area contributed by atoms with Crippen molar-refractivity contribution in [2.45, 2.75) is 26.2 Å². The lowest BCUT2D eigenvalue weighted by molar-refractivity contribution is 0.266. The second-order valence-corrected chi connectivity index (χ2v) is 5.27. The minimum absolute atomic E-state index is 0.595. The van der Waals surface area contributed by atoms with Crippen molar-refractivity contribution in [1.82, 2.24) is 0 Å². The summed E-state index contributed by atoms with van der Waals surface area (Å²) in [5.74, 6) is 2.41. The average Bonchev–Trinajstić information content (AvgIpc) is 2.59. The molecule has 0 unspecified atom stereocenters. The summed E-state index contributed by atoms with van der Waals surface area (Å²) in [5.41, 5.74) is 7.76. The molecule has 0 aliphatic heterocycles. The van der Waals surface area contributed by atoms with Crippen LogP contribution in [0, 0.1) is 0 Å². The van der Waals surface area contributed by atoms with Gasteiger partial charge in [-0.25, -0.2) is 0 Å². The molecule has 0 heterocycles. The van der Waals surface area contributed by atoms with Gasteiger partial charge in [0.2, 0.25) is 0 Å². The monoisotopic (exact) mass is 315 g/mol. The number of benzene rings is 2. The third-order valence-corrected chi connectivity index (χ3v) is 3.62. The van der Waals surface area contributed by atoms with E-state index in [-0.39, 0.29) is 0 Å². The fourth-order valence-electron chi connectivity index (χ4n) is 2.29. The first kappa shape index (κ1) is 17.0. The van der Waals surface area contributed by atoms with Crippen molar-refractivity contribution < 1.29 is 14.2 Å².